The molecule has 1 saturated heterocycles. The monoisotopic (exact) mass is 219 g/mol. The van der Waals surface area contributed by atoms with Gasteiger partial charge in [0.2, 0.25) is 0 Å². The molecule has 2 rings (SSSR count). The van der Waals surface area contributed by atoms with E-state index in [-0.39, 0.29) is 0 Å². The largest absolute Gasteiger partial charge is 0.381 e. The summed E-state index contributed by atoms with van der Waals surface area (Å²) in [6, 6.07) is 8.66. The zero-order valence-corrected chi connectivity index (χ0v) is 9.82. The van der Waals surface area contributed by atoms with Crippen LogP contribution in [0, 0.1) is 5.92 Å². The van der Waals surface area contributed by atoms with Gasteiger partial charge >= 0.3 is 0 Å². The van der Waals surface area contributed by atoms with E-state index in [0.29, 0.717) is 5.92 Å². The standard InChI is InChI=1S/C14H21NO/c15-8-7-13-5-1-2-6-14(13)10-12-4-3-9-16-11-12/h1-2,5-6,12H,3-4,7-11,15H2. The average molecular weight is 219 g/mol. The van der Waals surface area contributed by atoms with Crippen LogP contribution in [0.25, 0.3) is 0 Å². The van der Waals surface area contributed by atoms with Crippen LogP contribution in [-0.4, -0.2) is 19.8 Å². The van der Waals surface area contributed by atoms with Crippen molar-refractivity contribution in [3.8, 4) is 0 Å². The number of benzene rings is 1. The van der Waals surface area contributed by atoms with Gasteiger partial charge in [0.15, 0.2) is 0 Å². The quantitative estimate of drug-likeness (QED) is 0.842. The molecule has 1 atom stereocenters. The zero-order chi connectivity index (χ0) is 11.2. The maximum Gasteiger partial charge on any atom is 0.0497 e. The minimum absolute atomic E-state index is 0.702. The van der Waals surface area contributed by atoms with Crippen molar-refractivity contribution in [2.24, 2.45) is 11.7 Å². The molecule has 0 bridgehead atoms. The van der Waals surface area contributed by atoms with Crippen LogP contribution in [0.2, 0.25) is 0 Å². The summed E-state index contributed by atoms with van der Waals surface area (Å²) in [4.78, 5) is 0. The maximum atomic E-state index is 5.64. The smallest absolute Gasteiger partial charge is 0.0497 e. The van der Waals surface area contributed by atoms with Crippen LogP contribution in [0.3, 0.4) is 0 Å². The molecular weight excluding hydrogens is 198 g/mol. The van der Waals surface area contributed by atoms with Crippen molar-refractivity contribution in [2.45, 2.75) is 25.7 Å². The molecule has 0 amide bonds. The highest BCUT2D eigenvalue weighted by atomic mass is 16.5. The van der Waals surface area contributed by atoms with E-state index in [9.17, 15) is 0 Å². The van der Waals surface area contributed by atoms with Crippen LogP contribution in [0.1, 0.15) is 24.0 Å². The number of rotatable bonds is 4. The van der Waals surface area contributed by atoms with E-state index >= 15 is 0 Å². The Hall–Kier alpha value is -0.860. The number of hydrogen-bond donors (Lipinski definition) is 1. The molecule has 1 fully saturated rings. The van der Waals surface area contributed by atoms with Crippen molar-refractivity contribution in [3.05, 3.63) is 35.4 Å². The third-order valence-corrected chi connectivity index (χ3v) is 3.30. The Morgan fingerprint density at radius 2 is 2.06 bits per heavy atom. The summed E-state index contributed by atoms with van der Waals surface area (Å²) in [6.07, 6.45) is 4.65. The fourth-order valence-corrected chi connectivity index (χ4v) is 2.44. The summed E-state index contributed by atoms with van der Waals surface area (Å²) >= 11 is 0. The highest BCUT2D eigenvalue weighted by molar-refractivity contribution is 5.27. The van der Waals surface area contributed by atoms with Gasteiger partial charge in [0.05, 0.1) is 0 Å². The molecule has 88 valence electrons. The Balaban J connectivity index is 2.01. The van der Waals surface area contributed by atoms with E-state index in [0.717, 1.165) is 32.6 Å². The second kappa shape index (κ2) is 6.02. The summed E-state index contributed by atoms with van der Waals surface area (Å²) in [5, 5.41) is 0. The molecule has 2 nitrogen and oxygen atoms in total. The molecule has 0 radical (unpaired) electrons. The molecule has 1 heterocycles. The predicted molar refractivity (Wildman–Crippen MR) is 66.4 cm³/mol. The van der Waals surface area contributed by atoms with Crippen LogP contribution < -0.4 is 5.73 Å². The topological polar surface area (TPSA) is 35.2 Å². The van der Waals surface area contributed by atoms with Gasteiger partial charge in [-0.25, -0.2) is 0 Å². The first-order valence-corrected chi connectivity index (χ1v) is 6.24. The Labute approximate surface area is 97.8 Å². The highest BCUT2D eigenvalue weighted by Crippen LogP contribution is 2.21. The van der Waals surface area contributed by atoms with Gasteiger partial charge in [0.1, 0.15) is 0 Å². The van der Waals surface area contributed by atoms with Gasteiger partial charge in [0, 0.05) is 13.2 Å². The van der Waals surface area contributed by atoms with E-state index < -0.39 is 0 Å². The molecule has 0 aliphatic carbocycles. The first-order chi connectivity index (χ1) is 7.90. The molecular formula is C14H21NO. The Bertz CT molecular complexity index is 318. The van der Waals surface area contributed by atoms with Crippen molar-refractivity contribution in [1.82, 2.24) is 0 Å². The van der Waals surface area contributed by atoms with Crippen LogP contribution in [0.15, 0.2) is 24.3 Å². The second-order valence-electron chi connectivity index (χ2n) is 4.59. The molecule has 1 aromatic rings. The van der Waals surface area contributed by atoms with Crippen molar-refractivity contribution < 1.29 is 4.74 Å². The van der Waals surface area contributed by atoms with Gasteiger partial charge in [-0.3, -0.25) is 0 Å². The molecule has 1 unspecified atom stereocenters. The molecule has 0 aromatic heterocycles. The van der Waals surface area contributed by atoms with Gasteiger partial charge in [-0.2, -0.15) is 0 Å². The number of hydrogen-bond acceptors (Lipinski definition) is 2. The van der Waals surface area contributed by atoms with E-state index in [2.05, 4.69) is 24.3 Å². The van der Waals surface area contributed by atoms with Crippen molar-refractivity contribution in [3.63, 3.8) is 0 Å². The molecule has 1 aliphatic heterocycles. The normalized spacial score (nSPS) is 20.9. The third kappa shape index (κ3) is 3.06. The van der Waals surface area contributed by atoms with E-state index in [1.54, 1.807) is 0 Å². The van der Waals surface area contributed by atoms with E-state index in [1.807, 2.05) is 0 Å². The van der Waals surface area contributed by atoms with Gasteiger partial charge < -0.3 is 10.5 Å². The first-order valence-electron chi connectivity index (χ1n) is 6.24. The lowest BCUT2D eigenvalue weighted by atomic mass is 9.91. The van der Waals surface area contributed by atoms with Gasteiger partial charge in [-0.1, -0.05) is 24.3 Å². The lowest BCUT2D eigenvalue weighted by Crippen LogP contribution is -2.20. The van der Waals surface area contributed by atoms with Crippen molar-refractivity contribution >= 4 is 0 Å². The minimum Gasteiger partial charge on any atom is -0.381 e. The molecule has 2 heteroatoms. The minimum atomic E-state index is 0.702. The van der Waals surface area contributed by atoms with Crippen molar-refractivity contribution in [1.29, 1.82) is 0 Å². The SMILES string of the molecule is NCCc1ccccc1CC1CCCOC1. The molecule has 0 spiro atoms. The van der Waals surface area contributed by atoms with E-state index in [4.69, 9.17) is 10.5 Å². The van der Waals surface area contributed by atoms with Crippen LogP contribution in [-0.2, 0) is 17.6 Å². The zero-order valence-electron chi connectivity index (χ0n) is 9.82. The summed E-state index contributed by atoms with van der Waals surface area (Å²) < 4.78 is 5.53. The second-order valence-corrected chi connectivity index (χ2v) is 4.59. The molecule has 0 saturated carbocycles. The summed E-state index contributed by atoms with van der Waals surface area (Å²) in [6.45, 7) is 2.61. The van der Waals surface area contributed by atoms with E-state index in [1.165, 1.54) is 24.0 Å². The first kappa shape index (κ1) is 11.6. The number of nitrogens with two attached hydrogens (primary N) is 1. The number of ether oxygens (including phenoxy) is 1. The highest BCUT2D eigenvalue weighted by Gasteiger charge is 2.15. The third-order valence-electron chi connectivity index (χ3n) is 3.30. The van der Waals surface area contributed by atoms with Gasteiger partial charge in [-0.05, 0) is 49.3 Å². The lowest BCUT2D eigenvalue weighted by Gasteiger charge is -2.23. The molecule has 1 aliphatic rings. The van der Waals surface area contributed by atoms with Gasteiger partial charge in [-0.15, -0.1) is 0 Å². The average Bonchev–Trinajstić information content (AvgIpc) is 2.33. The molecule has 1 aromatic carbocycles. The Kier molecular flexibility index (Phi) is 4.37. The fraction of sp³-hybridized carbons (Fsp3) is 0.571. The Morgan fingerprint density at radius 1 is 1.25 bits per heavy atom. The van der Waals surface area contributed by atoms with Crippen LogP contribution in [0.5, 0.6) is 0 Å². The maximum absolute atomic E-state index is 5.64. The van der Waals surface area contributed by atoms with Crippen LogP contribution >= 0.6 is 0 Å². The summed E-state index contributed by atoms with van der Waals surface area (Å²) in [5.74, 6) is 0.702. The van der Waals surface area contributed by atoms with Crippen LogP contribution in [0.4, 0.5) is 0 Å². The molecule has 2 N–H and O–H groups in total. The fourth-order valence-electron chi connectivity index (χ4n) is 2.44. The van der Waals surface area contributed by atoms with Gasteiger partial charge in [0.25, 0.3) is 0 Å². The molecule has 16 heavy (non-hydrogen) atoms. The summed E-state index contributed by atoms with van der Waals surface area (Å²) in [7, 11) is 0. The lowest BCUT2D eigenvalue weighted by molar-refractivity contribution is 0.0549. The predicted octanol–water partition coefficient (Wildman–Crippen LogP) is 2.16. The van der Waals surface area contributed by atoms with Crippen molar-refractivity contribution in [2.75, 3.05) is 19.8 Å². The Morgan fingerprint density at radius 3 is 2.75 bits per heavy atom. The summed E-state index contributed by atoms with van der Waals surface area (Å²) in [5.41, 5.74) is 8.51.